The third kappa shape index (κ3) is 4.01. The molecule has 17 heavy (non-hydrogen) atoms. The largest absolute Gasteiger partial charge is 0.462 e. The second-order valence-electron chi connectivity index (χ2n) is 6.42. The average Bonchev–Trinajstić information content (AvgIpc) is 2.29. The normalized spacial score (nSPS) is 26.0. The first-order chi connectivity index (χ1) is 7.86. The Morgan fingerprint density at radius 3 is 2.18 bits per heavy atom. The van der Waals surface area contributed by atoms with E-state index in [4.69, 9.17) is 4.74 Å². The van der Waals surface area contributed by atoms with Gasteiger partial charge in [0.05, 0.1) is 5.41 Å². The molecule has 0 radical (unpaired) electrons. The number of carbonyl (C=O) groups is 1. The summed E-state index contributed by atoms with van der Waals surface area (Å²) < 4.78 is 5.64. The highest BCUT2D eigenvalue weighted by molar-refractivity contribution is 5.75. The number of rotatable bonds is 4. The van der Waals surface area contributed by atoms with E-state index in [1.165, 1.54) is 12.8 Å². The molecule has 0 aromatic carbocycles. The molecule has 1 saturated carbocycles. The van der Waals surface area contributed by atoms with Crippen LogP contribution < -0.4 is 0 Å². The molecule has 0 saturated heterocycles. The summed E-state index contributed by atoms with van der Waals surface area (Å²) in [6.07, 6.45) is 5.53. The summed E-state index contributed by atoms with van der Waals surface area (Å²) in [6.45, 7) is 10.6. The van der Waals surface area contributed by atoms with Crippen LogP contribution in [0.3, 0.4) is 0 Å². The molecule has 0 atom stereocenters. The number of hydrogen-bond acceptors (Lipinski definition) is 2. The van der Waals surface area contributed by atoms with Crippen LogP contribution in [0, 0.1) is 17.3 Å². The van der Waals surface area contributed by atoms with E-state index < -0.39 is 0 Å². The van der Waals surface area contributed by atoms with E-state index in [9.17, 15) is 4.79 Å². The third-order valence-corrected chi connectivity index (χ3v) is 4.37. The third-order valence-electron chi connectivity index (χ3n) is 4.37. The first-order valence-electron chi connectivity index (χ1n) is 7.08. The lowest BCUT2D eigenvalue weighted by Crippen LogP contribution is -2.32. The molecule has 0 N–H and O–H groups in total. The summed E-state index contributed by atoms with van der Waals surface area (Å²) in [5.74, 6) is 1.57. The fourth-order valence-corrected chi connectivity index (χ4v) is 2.33. The molecule has 0 aromatic heterocycles. The summed E-state index contributed by atoms with van der Waals surface area (Å²) in [4.78, 5) is 12.0. The van der Waals surface area contributed by atoms with Crippen LogP contribution in [-0.2, 0) is 9.53 Å². The van der Waals surface area contributed by atoms with Gasteiger partial charge in [-0.2, -0.15) is 0 Å². The molecule has 2 nitrogen and oxygen atoms in total. The minimum atomic E-state index is -0.325. The Labute approximate surface area is 106 Å². The van der Waals surface area contributed by atoms with Crippen molar-refractivity contribution >= 4 is 5.97 Å². The lowest BCUT2D eigenvalue weighted by atomic mass is 9.80. The van der Waals surface area contributed by atoms with Crippen molar-refractivity contribution in [1.82, 2.24) is 0 Å². The van der Waals surface area contributed by atoms with Crippen molar-refractivity contribution < 1.29 is 9.53 Å². The molecule has 0 aliphatic heterocycles. The van der Waals surface area contributed by atoms with E-state index in [-0.39, 0.29) is 17.5 Å². The Kier molecular flexibility index (Phi) is 5.03. The highest BCUT2D eigenvalue weighted by atomic mass is 16.5. The Bertz CT molecular complexity index is 248. The fraction of sp³-hybridized carbons (Fsp3) is 0.933. The Morgan fingerprint density at radius 1 is 1.24 bits per heavy atom. The van der Waals surface area contributed by atoms with Crippen LogP contribution in [0.15, 0.2) is 0 Å². The molecule has 0 spiro atoms. The number of carbonyl (C=O) groups excluding carboxylic acids is 1. The maximum absolute atomic E-state index is 12.0. The molecule has 0 amide bonds. The van der Waals surface area contributed by atoms with Crippen LogP contribution in [0.25, 0.3) is 0 Å². The molecule has 0 heterocycles. The number of ether oxygens (including phenoxy) is 1. The quantitative estimate of drug-likeness (QED) is 0.689. The van der Waals surface area contributed by atoms with Gasteiger partial charge in [0.2, 0.25) is 0 Å². The highest BCUT2D eigenvalue weighted by Crippen LogP contribution is 2.32. The SMILES string of the molecule is CCC(C)(C)C(=O)OC1CCC(C(C)C)CC1. The molecule has 1 rings (SSSR count). The minimum absolute atomic E-state index is 0.0204. The molecule has 0 aromatic rings. The fourth-order valence-electron chi connectivity index (χ4n) is 2.33. The van der Waals surface area contributed by atoms with Gasteiger partial charge in [0, 0.05) is 0 Å². The minimum Gasteiger partial charge on any atom is -0.462 e. The zero-order valence-corrected chi connectivity index (χ0v) is 12.1. The van der Waals surface area contributed by atoms with Gasteiger partial charge in [0.1, 0.15) is 6.10 Å². The monoisotopic (exact) mass is 240 g/mol. The van der Waals surface area contributed by atoms with Crippen LogP contribution in [-0.4, -0.2) is 12.1 Å². The van der Waals surface area contributed by atoms with Gasteiger partial charge in [-0.25, -0.2) is 0 Å². The average molecular weight is 240 g/mol. The molecule has 0 unspecified atom stereocenters. The second-order valence-corrected chi connectivity index (χ2v) is 6.42. The molecular formula is C15H28O2. The van der Waals surface area contributed by atoms with Crippen LogP contribution in [0.4, 0.5) is 0 Å². The topological polar surface area (TPSA) is 26.3 Å². The summed E-state index contributed by atoms with van der Waals surface area (Å²) in [6, 6.07) is 0. The molecule has 1 aliphatic carbocycles. The lowest BCUT2D eigenvalue weighted by molar-refractivity contribution is -0.161. The predicted molar refractivity (Wildman–Crippen MR) is 70.7 cm³/mol. The van der Waals surface area contributed by atoms with Crippen molar-refractivity contribution in [2.45, 2.75) is 72.8 Å². The summed E-state index contributed by atoms with van der Waals surface area (Å²) >= 11 is 0. The zero-order chi connectivity index (χ0) is 13.1. The summed E-state index contributed by atoms with van der Waals surface area (Å²) in [5, 5.41) is 0. The van der Waals surface area contributed by atoms with Crippen molar-refractivity contribution in [2.24, 2.45) is 17.3 Å². The predicted octanol–water partition coefficient (Wildman–Crippen LogP) is 4.18. The zero-order valence-electron chi connectivity index (χ0n) is 12.1. The smallest absolute Gasteiger partial charge is 0.311 e. The molecule has 1 aliphatic rings. The maximum atomic E-state index is 12.0. The first-order valence-corrected chi connectivity index (χ1v) is 7.08. The van der Waals surface area contributed by atoms with Gasteiger partial charge in [-0.3, -0.25) is 4.79 Å². The number of esters is 1. The lowest BCUT2D eigenvalue weighted by Gasteiger charge is -2.32. The van der Waals surface area contributed by atoms with E-state index in [0.717, 1.165) is 31.1 Å². The van der Waals surface area contributed by atoms with Gasteiger partial charge in [-0.15, -0.1) is 0 Å². The van der Waals surface area contributed by atoms with E-state index in [1.807, 2.05) is 20.8 Å². The molecule has 1 fully saturated rings. The van der Waals surface area contributed by atoms with Gasteiger partial charge in [-0.05, 0) is 57.8 Å². The Morgan fingerprint density at radius 2 is 1.76 bits per heavy atom. The van der Waals surface area contributed by atoms with Gasteiger partial charge in [0.15, 0.2) is 0 Å². The van der Waals surface area contributed by atoms with Gasteiger partial charge in [0.25, 0.3) is 0 Å². The van der Waals surface area contributed by atoms with Crippen LogP contribution in [0.5, 0.6) is 0 Å². The van der Waals surface area contributed by atoms with Crippen molar-refractivity contribution in [3.05, 3.63) is 0 Å². The van der Waals surface area contributed by atoms with Gasteiger partial charge < -0.3 is 4.74 Å². The second kappa shape index (κ2) is 5.88. The van der Waals surface area contributed by atoms with E-state index >= 15 is 0 Å². The molecule has 0 bridgehead atoms. The maximum Gasteiger partial charge on any atom is 0.311 e. The van der Waals surface area contributed by atoms with Crippen molar-refractivity contribution in [3.63, 3.8) is 0 Å². The Balaban J connectivity index is 2.38. The van der Waals surface area contributed by atoms with Crippen LogP contribution >= 0.6 is 0 Å². The first kappa shape index (κ1) is 14.5. The number of hydrogen-bond donors (Lipinski definition) is 0. The van der Waals surface area contributed by atoms with Gasteiger partial charge in [-0.1, -0.05) is 20.8 Å². The van der Waals surface area contributed by atoms with Crippen molar-refractivity contribution in [2.75, 3.05) is 0 Å². The molecular weight excluding hydrogens is 212 g/mol. The highest BCUT2D eigenvalue weighted by Gasteiger charge is 2.31. The van der Waals surface area contributed by atoms with E-state index in [0.29, 0.717) is 0 Å². The standard InChI is InChI=1S/C15H28O2/c1-6-15(4,5)14(16)17-13-9-7-12(8-10-13)11(2)3/h11-13H,6-10H2,1-5H3. The summed E-state index contributed by atoms with van der Waals surface area (Å²) in [7, 11) is 0. The molecule has 2 heteroatoms. The molecule has 100 valence electrons. The van der Waals surface area contributed by atoms with Crippen molar-refractivity contribution in [1.29, 1.82) is 0 Å². The Hall–Kier alpha value is -0.530. The summed E-state index contributed by atoms with van der Waals surface area (Å²) in [5.41, 5.74) is -0.325. The van der Waals surface area contributed by atoms with Crippen LogP contribution in [0.1, 0.15) is 66.7 Å². The van der Waals surface area contributed by atoms with E-state index in [1.54, 1.807) is 0 Å². The van der Waals surface area contributed by atoms with E-state index in [2.05, 4.69) is 13.8 Å². The van der Waals surface area contributed by atoms with Crippen molar-refractivity contribution in [3.8, 4) is 0 Å². The van der Waals surface area contributed by atoms with Gasteiger partial charge >= 0.3 is 5.97 Å². The van der Waals surface area contributed by atoms with Crippen LogP contribution in [0.2, 0.25) is 0 Å².